The van der Waals surface area contributed by atoms with Gasteiger partial charge in [0, 0.05) is 30.5 Å². The second-order valence-corrected chi connectivity index (χ2v) is 4.83. The lowest BCUT2D eigenvalue weighted by atomic mass is 10.0. The van der Waals surface area contributed by atoms with E-state index in [0.717, 1.165) is 23.5 Å². The van der Waals surface area contributed by atoms with E-state index in [1.807, 2.05) is 30.3 Å². The van der Waals surface area contributed by atoms with E-state index in [1.165, 1.54) is 5.56 Å². The maximum Gasteiger partial charge on any atom is 0.120 e. The van der Waals surface area contributed by atoms with Crippen LogP contribution < -0.4 is 15.4 Å². The van der Waals surface area contributed by atoms with Gasteiger partial charge in [0.1, 0.15) is 5.75 Å². The molecule has 3 heteroatoms. The van der Waals surface area contributed by atoms with Crippen LogP contribution in [0.25, 0.3) is 0 Å². The Morgan fingerprint density at radius 2 is 1.90 bits per heavy atom. The molecule has 3 nitrogen and oxygen atoms in total. The van der Waals surface area contributed by atoms with Gasteiger partial charge >= 0.3 is 0 Å². The minimum atomic E-state index is 0.0549. The summed E-state index contributed by atoms with van der Waals surface area (Å²) in [7, 11) is 3.73. The number of nitrogens with two attached hydrogens (primary N) is 1. The zero-order valence-corrected chi connectivity index (χ0v) is 12.3. The molecule has 0 aliphatic rings. The van der Waals surface area contributed by atoms with Crippen molar-refractivity contribution in [1.82, 2.24) is 0 Å². The monoisotopic (exact) mass is 270 g/mol. The molecule has 2 aromatic carbocycles. The van der Waals surface area contributed by atoms with Crippen LogP contribution in [0, 0.1) is 0 Å². The van der Waals surface area contributed by atoms with E-state index in [-0.39, 0.29) is 6.04 Å². The molecule has 0 aliphatic heterocycles. The Hall–Kier alpha value is -2.00. The number of nitrogens with zero attached hydrogens (tertiary/aromatic N) is 1. The fourth-order valence-corrected chi connectivity index (χ4v) is 2.28. The summed E-state index contributed by atoms with van der Waals surface area (Å²) < 4.78 is 5.29. The van der Waals surface area contributed by atoms with Crippen LogP contribution in [0.1, 0.15) is 24.9 Å². The van der Waals surface area contributed by atoms with E-state index in [0.29, 0.717) is 0 Å². The maximum absolute atomic E-state index is 6.22. The Labute approximate surface area is 121 Å². The average Bonchev–Trinajstić information content (AvgIpc) is 2.53. The first-order chi connectivity index (χ1) is 9.67. The van der Waals surface area contributed by atoms with Gasteiger partial charge in [0.25, 0.3) is 0 Å². The molecular formula is C17H22N2O. The molecule has 0 radical (unpaired) electrons. The van der Waals surface area contributed by atoms with Gasteiger partial charge in [-0.3, -0.25) is 0 Å². The van der Waals surface area contributed by atoms with Gasteiger partial charge in [0.15, 0.2) is 0 Å². The molecule has 0 aromatic heterocycles. The summed E-state index contributed by atoms with van der Waals surface area (Å²) >= 11 is 0. The van der Waals surface area contributed by atoms with Crippen LogP contribution in [-0.2, 0) is 0 Å². The highest BCUT2D eigenvalue weighted by molar-refractivity contribution is 5.67. The summed E-state index contributed by atoms with van der Waals surface area (Å²) in [4.78, 5) is 2.15. The fourth-order valence-electron chi connectivity index (χ4n) is 2.28. The van der Waals surface area contributed by atoms with Gasteiger partial charge in [-0.2, -0.15) is 0 Å². The van der Waals surface area contributed by atoms with Gasteiger partial charge < -0.3 is 15.4 Å². The Morgan fingerprint density at radius 1 is 1.15 bits per heavy atom. The molecular weight excluding hydrogens is 248 g/mol. The van der Waals surface area contributed by atoms with Crippen molar-refractivity contribution in [2.24, 2.45) is 5.73 Å². The molecule has 106 valence electrons. The number of para-hydroxylation sites is 1. The average molecular weight is 270 g/mol. The lowest BCUT2D eigenvalue weighted by Crippen LogP contribution is -2.16. The van der Waals surface area contributed by atoms with Gasteiger partial charge in [-0.25, -0.2) is 0 Å². The van der Waals surface area contributed by atoms with E-state index >= 15 is 0 Å². The van der Waals surface area contributed by atoms with E-state index < -0.39 is 0 Å². The SMILES string of the molecule is CCC(N)c1ccccc1N(C)c1cccc(OC)c1. The van der Waals surface area contributed by atoms with Crippen molar-refractivity contribution >= 4 is 11.4 Å². The first kappa shape index (κ1) is 14.4. The van der Waals surface area contributed by atoms with Crippen molar-refractivity contribution < 1.29 is 4.74 Å². The molecule has 0 aliphatic carbocycles. The molecule has 20 heavy (non-hydrogen) atoms. The normalized spacial score (nSPS) is 12.0. The van der Waals surface area contributed by atoms with Gasteiger partial charge in [0.2, 0.25) is 0 Å². The van der Waals surface area contributed by atoms with Crippen molar-refractivity contribution in [1.29, 1.82) is 0 Å². The van der Waals surface area contributed by atoms with Crippen molar-refractivity contribution in [2.75, 3.05) is 19.1 Å². The van der Waals surface area contributed by atoms with Crippen LogP contribution >= 0.6 is 0 Å². The van der Waals surface area contributed by atoms with E-state index in [2.05, 4.69) is 37.1 Å². The Balaban J connectivity index is 2.40. The van der Waals surface area contributed by atoms with E-state index in [1.54, 1.807) is 7.11 Å². The molecule has 0 amide bonds. The molecule has 0 heterocycles. The standard InChI is InChI=1S/C17H22N2O/c1-4-16(18)15-10-5-6-11-17(15)19(2)13-8-7-9-14(12-13)20-3/h5-12,16H,4,18H2,1-3H3. The highest BCUT2D eigenvalue weighted by Crippen LogP contribution is 2.32. The first-order valence-corrected chi connectivity index (χ1v) is 6.89. The summed E-state index contributed by atoms with van der Waals surface area (Å²) in [6.07, 6.45) is 0.920. The minimum absolute atomic E-state index is 0.0549. The van der Waals surface area contributed by atoms with Crippen LogP contribution in [0.4, 0.5) is 11.4 Å². The Bertz CT molecular complexity index is 568. The zero-order chi connectivity index (χ0) is 14.5. The maximum atomic E-state index is 6.22. The minimum Gasteiger partial charge on any atom is -0.497 e. The quantitative estimate of drug-likeness (QED) is 0.896. The smallest absolute Gasteiger partial charge is 0.120 e. The largest absolute Gasteiger partial charge is 0.497 e. The summed E-state index contributed by atoms with van der Waals surface area (Å²) in [6.45, 7) is 2.10. The Morgan fingerprint density at radius 3 is 2.60 bits per heavy atom. The summed E-state index contributed by atoms with van der Waals surface area (Å²) in [5.74, 6) is 0.853. The van der Waals surface area contributed by atoms with Crippen molar-refractivity contribution in [3.05, 3.63) is 54.1 Å². The number of methoxy groups -OCH3 is 1. The molecule has 0 bridgehead atoms. The van der Waals surface area contributed by atoms with Gasteiger partial charge in [0.05, 0.1) is 7.11 Å². The first-order valence-electron chi connectivity index (χ1n) is 6.89. The van der Waals surface area contributed by atoms with E-state index in [9.17, 15) is 0 Å². The van der Waals surface area contributed by atoms with Crippen LogP contribution in [0.15, 0.2) is 48.5 Å². The van der Waals surface area contributed by atoms with Gasteiger partial charge in [-0.05, 0) is 30.2 Å². The summed E-state index contributed by atoms with van der Waals surface area (Å²) in [5.41, 5.74) is 9.60. The number of benzene rings is 2. The third-order valence-electron chi connectivity index (χ3n) is 3.58. The number of hydrogen-bond acceptors (Lipinski definition) is 3. The second kappa shape index (κ2) is 6.44. The molecule has 2 aromatic rings. The lowest BCUT2D eigenvalue weighted by Gasteiger charge is -2.25. The van der Waals surface area contributed by atoms with E-state index in [4.69, 9.17) is 10.5 Å². The van der Waals surface area contributed by atoms with Crippen LogP contribution in [-0.4, -0.2) is 14.2 Å². The molecule has 0 spiro atoms. The van der Waals surface area contributed by atoms with Crippen molar-refractivity contribution in [2.45, 2.75) is 19.4 Å². The number of ether oxygens (including phenoxy) is 1. The second-order valence-electron chi connectivity index (χ2n) is 4.83. The predicted octanol–water partition coefficient (Wildman–Crippen LogP) is 3.87. The molecule has 0 fully saturated rings. The highest BCUT2D eigenvalue weighted by Gasteiger charge is 2.13. The number of rotatable bonds is 5. The Kier molecular flexibility index (Phi) is 4.64. The molecule has 1 atom stereocenters. The van der Waals surface area contributed by atoms with Crippen molar-refractivity contribution in [3.63, 3.8) is 0 Å². The molecule has 2 N–H and O–H groups in total. The highest BCUT2D eigenvalue weighted by atomic mass is 16.5. The lowest BCUT2D eigenvalue weighted by molar-refractivity contribution is 0.415. The van der Waals surface area contributed by atoms with Crippen LogP contribution in [0.2, 0.25) is 0 Å². The fraction of sp³-hybridized carbons (Fsp3) is 0.294. The van der Waals surface area contributed by atoms with Gasteiger partial charge in [-0.15, -0.1) is 0 Å². The molecule has 0 saturated carbocycles. The third kappa shape index (κ3) is 2.94. The third-order valence-corrected chi connectivity index (χ3v) is 3.58. The van der Waals surface area contributed by atoms with Gasteiger partial charge in [-0.1, -0.05) is 31.2 Å². The van der Waals surface area contributed by atoms with Crippen molar-refractivity contribution in [3.8, 4) is 5.75 Å². The topological polar surface area (TPSA) is 38.5 Å². The molecule has 1 unspecified atom stereocenters. The van der Waals surface area contributed by atoms with Crippen LogP contribution in [0.5, 0.6) is 5.75 Å². The number of anilines is 2. The molecule has 0 saturated heterocycles. The van der Waals surface area contributed by atoms with Crippen LogP contribution in [0.3, 0.4) is 0 Å². The zero-order valence-electron chi connectivity index (χ0n) is 12.3. The summed E-state index contributed by atoms with van der Waals surface area (Å²) in [6, 6.07) is 16.4. The molecule has 2 rings (SSSR count). The number of hydrogen-bond donors (Lipinski definition) is 1. The predicted molar refractivity (Wildman–Crippen MR) is 84.7 cm³/mol. The summed E-state index contributed by atoms with van der Waals surface area (Å²) in [5, 5.41) is 0.